The molecule has 14 nitrogen and oxygen atoms in total. The average molecular weight is 628 g/mol. The molecule has 18 heteroatoms. The number of nitrogens with two attached hydrogens (primary N) is 1. The van der Waals surface area contributed by atoms with Gasteiger partial charge in [-0.15, -0.1) is 33.3 Å². The van der Waals surface area contributed by atoms with Gasteiger partial charge in [0.25, 0.3) is 11.8 Å². The maximum absolute atomic E-state index is 13.2. The first-order valence-electron chi connectivity index (χ1n) is 11.6. The number of fused-ring (bicyclic) bond motifs is 1. The quantitative estimate of drug-likeness (QED) is 0.0689. The fraction of sp³-hybridized carbons (Fsp3) is 0.455. The fourth-order valence-electron chi connectivity index (χ4n) is 3.51. The van der Waals surface area contributed by atoms with E-state index in [1.54, 1.807) is 20.8 Å². The van der Waals surface area contributed by atoms with E-state index < -0.39 is 53.1 Å². The Morgan fingerprint density at radius 1 is 1.30 bits per heavy atom. The van der Waals surface area contributed by atoms with Gasteiger partial charge in [-0.2, -0.15) is 0 Å². The Hall–Kier alpha value is -3.22. The van der Waals surface area contributed by atoms with Crippen LogP contribution in [0.25, 0.3) is 0 Å². The molecule has 0 spiro atoms. The van der Waals surface area contributed by atoms with Gasteiger partial charge in [0.2, 0.25) is 6.79 Å². The monoisotopic (exact) mass is 627 g/mol. The zero-order valence-electron chi connectivity index (χ0n) is 21.7. The number of esters is 2. The number of aromatic nitrogens is 3. The van der Waals surface area contributed by atoms with Gasteiger partial charge in [-0.3, -0.25) is 19.3 Å². The number of β-lactam (4-membered cyclic amide) rings is 1. The molecular weight excluding hydrogens is 603 g/mol. The van der Waals surface area contributed by atoms with Crippen LogP contribution in [-0.4, -0.2) is 84.5 Å². The lowest BCUT2D eigenvalue weighted by molar-refractivity contribution is -0.173. The van der Waals surface area contributed by atoms with Crippen LogP contribution in [0.5, 0.6) is 0 Å². The number of nitrogen functional groups attached to an aromatic ring is 1. The second-order valence-electron chi connectivity index (χ2n) is 9.44. The summed E-state index contributed by atoms with van der Waals surface area (Å²) in [6.45, 7) is 6.19. The van der Waals surface area contributed by atoms with Crippen molar-refractivity contribution in [2.45, 2.75) is 43.5 Å². The molecule has 40 heavy (non-hydrogen) atoms. The van der Waals surface area contributed by atoms with Crippen molar-refractivity contribution in [3.8, 4) is 0 Å². The van der Waals surface area contributed by atoms with Gasteiger partial charge >= 0.3 is 11.9 Å². The second-order valence-corrected chi connectivity index (χ2v) is 13.8. The molecule has 4 heterocycles. The van der Waals surface area contributed by atoms with Crippen LogP contribution in [0.4, 0.5) is 5.13 Å². The molecule has 0 bridgehead atoms. The minimum Gasteiger partial charge on any atom is -0.427 e. The molecule has 2 atom stereocenters. The highest BCUT2D eigenvalue weighted by molar-refractivity contribution is 8.01. The maximum atomic E-state index is 13.2. The smallest absolute Gasteiger partial charge is 0.357 e. The molecule has 0 radical (unpaired) electrons. The Kier molecular flexibility index (Phi) is 9.01. The van der Waals surface area contributed by atoms with E-state index in [9.17, 15) is 24.4 Å². The van der Waals surface area contributed by atoms with Gasteiger partial charge in [0.05, 0.1) is 5.41 Å². The standard InChI is InChI=1S/C22H25N7O7S4/c1-9-26-27-21(40-9)39-6-10-5-37-17-13(25-15(30)12(28-34)11-7-38-20(23)24-11)16(31)29(17)14(10)18(32)35-8-36-19(33)22(2,3)4/h7,13,17,34H,5-6,8H2,1-4H3,(H2,23,24)(H,25,30)/t13?,17-/m1/s1. The van der Waals surface area contributed by atoms with Crippen LogP contribution in [0.1, 0.15) is 31.5 Å². The summed E-state index contributed by atoms with van der Waals surface area (Å²) in [5, 5.41) is 24.8. The lowest BCUT2D eigenvalue weighted by Crippen LogP contribution is -2.71. The number of anilines is 1. The number of thioether (sulfide) groups is 2. The number of oxime groups is 1. The molecule has 2 aliphatic heterocycles. The van der Waals surface area contributed by atoms with E-state index in [1.165, 1.54) is 45.1 Å². The van der Waals surface area contributed by atoms with Gasteiger partial charge in [-0.05, 0) is 33.3 Å². The average Bonchev–Trinajstić information content (AvgIpc) is 3.52. The maximum Gasteiger partial charge on any atom is 0.357 e. The Morgan fingerprint density at radius 2 is 2.05 bits per heavy atom. The van der Waals surface area contributed by atoms with Crippen LogP contribution in [0, 0.1) is 12.3 Å². The molecular formula is C22H25N7O7S4. The van der Waals surface area contributed by atoms with Gasteiger partial charge < -0.3 is 25.7 Å². The third kappa shape index (κ3) is 6.39. The number of carbonyl (C=O) groups excluding carboxylic acids is 4. The van der Waals surface area contributed by atoms with E-state index >= 15 is 0 Å². The summed E-state index contributed by atoms with van der Waals surface area (Å²) in [7, 11) is 0. The third-order valence-corrected chi connectivity index (χ3v) is 9.55. The predicted molar refractivity (Wildman–Crippen MR) is 149 cm³/mol. The van der Waals surface area contributed by atoms with Gasteiger partial charge in [-0.1, -0.05) is 28.3 Å². The molecule has 4 rings (SSSR count). The number of aryl methyl sites for hydroxylation is 1. The van der Waals surface area contributed by atoms with E-state index in [4.69, 9.17) is 15.2 Å². The molecule has 2 aromatic rings. The first-order valence-corrected chi connectivity index (χ1v) is 15.3. The van der Waals surface area contributed by atoms with Crippen molar-refractivity contribution in [1.29, 1.82) is 0 Å². The molecule has 1 fully saturated rings. The summed E-state index contributed by atoms with van der Waals surface area (Å²) in [5.74, 6) is -2.12. The molecule has 0 aromatic carbocycles. The fourth-order valence-corrected chi connectivity index (χ4v) is 7.36. The molecule has 2 aliphatic rings. The molecule has 214 valence electrons. The van der Waals surface area contributed by atoms with Crippen LogP contribution in [-0.2, 0) is 28.7 Å². The second kappa shape index (κ2) is 12.1. The number of carbonyl (C=O) groups is 4. The summed E-state index contributed by atoms with van der Waals surface area (Å²) in [6, 6.07) is -1.01. The highest BCUT2D eigenvalue weighted by Crippen LogP contribution is 2.42. The van der Waals surface area contributed by atoms with Gasteiger partial charge in [0.15, 0.2) is 15.2 Å². The molecule has 1 saturated heterocycles. The summed E-state index contributed by atoms with van der Waals surface area (Å²) < 4.78 is 11.0. The highest BCUT2D eigenvalue weighted by atomic mass is 32.2. The van der Waals surface area contributed by atoms with Crippen LogP contribution in [0.3, 0.4) is 0 Å². The van der Waals surface area contributed by atoms with Crippen LogP contribution in [0.15, 0.2) is 26.1 Å². The van der Waals surface area contributed by atoms with Gasteiger partial charge in [-0.25, -0.2) is 9.78 Å². The Morgan fingerprint density at radius 3 is 2.65 bits per heavy atom. The van der Waals surface area contributed by atoms with Crippen LogP contribution < -0.4 is 11.1 Å². The van der Waals surface area contributed by atoms with E-state index in [-0.39, 0.29) is 16.5 Å². The van der Waals surface area contributed by atoms with E-state index in [1.807, 2.05) is 6.92 Å². The molecule has 0 aliphatic carbocycles. The lowest BCUT2D eigenvalue weighted by Gasteiger charge is -2.49. The first-order chi connectivity index (χ1) is 18.9. The van der Waals surface area contributed by atoms with Crippen molar-refractivity contribution in [3.63, 3.8) is 0 Å². The highest BCUT2D eigenvalue weighted by Gasteiger charge is 2.54. The van der Waals surface area contributed by atoms with Crippen LogP contribution >= 0.6 is 46.2 Å². The number of nitrogens with zero attached hydrogens (tertiary/aromatic N) is 5. The molecule has 1 unspecified atom stereocenters. The van der Waals surface area contributed by atoms with E-state index in [2.05, 4.69) is 25.7 Å². The number of hydrogen-bond donors (Lipinski definition) is 3. The zero-order chi connectivity index (χ0) is 29.2. The number of amides is 2. The van der Waals surface area contributed by atoms with Gasteiger partial charge in [0, 0.05) is 16.9 Å². The third-order valence-electron chi connectivity index (χ3n) is 5.48. The normalized spacial score (nSPS) is 19.1. The topological polar surface area (TPSA) is 199 Å². The zero-order valence-corrected chi connectivity index (χ0v) is 25.0. The summed E-state index contributed by atoms with van der Waals surface area (Å²) >= 11 is 5.16. The minimum absolute atomic E-state index is 0.0168. The largest absolute Gasteiger partial charge is 0.427 e. The van der Waals surface area contributed by atoms with Crippen LogP contribution in [0.2, 0.25) is 0 Å². The van der Waals surface area contributed by atoms with Crippen molar-refractivity contribution in [1.82, 2.24) is 25.4 Å². The number of rotatable bonds is 9. The molecule has 0 saturated carbocycles. The van der Waals surface area contributed by atoms with Crippen molar-refractivity contribution >= 4 is 80.8 Å². The SMILES string of the molecule is Cc1nnc(SCC2=C(C(=O)OCOC(=O)C(C)(C)C)N3C(=O)C(NC(=O)C(=NO)c4csc(N)n4)[C@H]3SC2)s1. The predicted octanol–water partition coefficient (Wildman–Crippen LogP) is 1.60. The lowest BCUT2D eigenvalue weighted by atomic mass is 9.98. The summed E-state index contributed by atoms with van der Waals surface area (Å²) in [6.07, 6.45) is 0. The summed E-state index contributed by atoms with van der Waals surface area (Å²) in [5.41, 5.74) is 5.09. The molecule has 4 N–H and O–H groups in total. The number of hydrogen-bond acceptors (Lipinski definition) is 16. The Labute approximate surface area is 244 Å². The number of nitrogens with one attached hydrogen (secondary N) is 1. The molecule has 2 amide bonds. The van der Waals surface area contributed by atoms with E-state index in [0.717, 1.165) is 16.3 Å². The van der Waals surface area contributed by atoms with Gasteiger partial charge in [0.1, 0.15) is 27.8 Å². The molecule has 2 aromatic heterocycles. The number of thiazole rings is 1. The van der Waals surface area contributed by atoms with Crippen molar-refractivity contribution in [3.05, 3.63) is 27.4 Å². The van der Waals surface area contributed by atoms with E-state index in [0.29, 0.717) is 21.4 Å². The first kappa shape index (κ1) is 29.8. The van der Waals surface area contributed by atoms with Crippen molar-refractivity contribution < 1.29 is 33.9 Å². The number of ether oxygens (including phenoxy) is 2. The Balaban J connectivity index is 1.50. The minimum atomic E-state index is -1.01. The Bertz CT molecular complexity index is 1400. The van der Waals surface area contributed by atoms with Crippen molar-refractivity contribution in [2.24, 2.45) is 10.6 Å². The summed E-state index contributed by atoms with van der Waals surface area (Å²) in [4.78, 5) is 56.5. The van der Waals surface area contributed by atoms with Crippen molar-refractivity contribution in [2.75, 3.05) is 24.0 Å².